The molecule has 1 aromatic heterocycles. The quantitative estimate of drug-likeness (QED) is 0.276. The van der Waals surface area contributed by atoms with Gasteiger partial charge in [0.1, 0.15) is 11.6 Å². The van der Waals surface area contributed by atoms with Gasteiger partial charge in [0, 0.05) is 22.2 Å². The van der Waals surface area contributed by atoms with E-state index < -0.39 is 0 Å². The minimum Gasteiger partial charge on any atom is -0.494 e. The number of fused-ring (bicyclic) bond motifs is 1. The van der Waals surface area contributed by atoms with E-state index in [9.17, 15) is 0 Å². The smallest absolute Gasteiger partial charge is 0.142 e. The first-order chi connectivity index (χ1) is 14.4. The predicted octanol–water partition coefficient (Wildman–Crippen LogP) is 7.75. The number of hydrogen-bond acceptors (Lipinski definition) is 2. The highest BCUT2D eigenvalue weighted by atomic mass is 35.5. The van der Waals surface area contributed by atoms with Crippen LogP contribution in [0.3, 0.4) is 0 Å². The molecule has 6 heteroatoms. The molecule has 4 aromatic rings. The van der Waals surface area contributed by atoms with Gasteiger partial charge in [-0.3, -0.25) is 0 Å². The van der Waals surface area contributed by atoms with Crippen molar-refractivity contribution in [2.75, 3.05) is 6.61 Å². The van der Waals surface area contributed by atoms with E-state index in [0.717, 1.165) is 57.3 Å². The average Bonchev–Trinajstić information content (AvgIpc) is 3.07. The molecule has 0 spiro atoms. The molecule has 0 aliphatic rings. The minimum absolute atomic E-state index is 0.584. The van der Waals surface area contributed by atoms with Gasteiger partial charge in [-0.2, -0.15) is 0 Å². The summed E-state index contributed by atoms with van der Waals surface area (Å²) in [5.41, 5.74) is 4.90. The van der Waals surface area contributed by atoms with E-state index in [2.05, 4.69) is 10.6 Å². The largest absolute Gasteiger partial charge is 0.494 e. The van der Waals surface area contributed by atoms with Crippen molar-refractivity contribution in [3.05, 3.63) is 80.8 Å². The molecule has 0 saturated heterocycles. The van der Waals surface area contributed by atoms with E-state index in [-0.39, 0.29) is 0 Å². The number of nitrogens with zero attached hydrogens (tertiary/aromatic N) is 2. The number of rotatable bonds is 6. The highest BCUT2D eigenvalue weighted by molar-refractivity contribution is 6.36. The zero-order valence-electron chi connectivity index (χ0n) is 16.8. The highest BCUT2D eigenvalue weighted by Gasteiger charge is 2.15. The van der Waals surface area contributed by atoms with E-state index in [1.165, 1.54) is 0 Å². The first-order valence-electron chi connectivity index (χ1n) is 9.74. The summed E-state index contributed by atoms with van der Waals surface area (Å²) >= 11 is 18.8. The number of hydrogen-bond donors (Lipinski definition) is 0. The molecule has 0 saturated carbocycles. The normalized spacial score (nSPS) is 11.2. The Morgan fingerprint density at radius 1 is 0.933 bits per heavy atom. The van der Waals surface area contributed by atoms with Crippen LogP contribution in [0.4, 0.5) is 0 Å². The summed E-state index contributed by atoms with van der Waals surface area (Å²) in [4.78, 5) is 4.82. The number of imidazole rings is 1. The average molecular weight is 460 g/mol. The monoisotopic (exact) mass is 458 g/mol. The summed E-state index contributed by atoms with van der Waals surface area (Å²) in [6.07, 6.45) is 0.819. The van der Waals surface area contributed by atoms with Crippen molar-refractivity contribution in [3.8, 4) is 17.1 Å². The number of halogens is 3. The summed E-state index contributed by atoms with van der Waals surface area (Å²) in [6.45, 7) is 5.31. The maximum absolute atomic E-state index is 6.47. The van der Waals surface area contributed by atoms with Crippen LogP contribution in [0.2, 0.25) is 15.1 Å². The van der Waals surface area contributed by atoms with Gasteiger partial charge in [0.25, 0.3) is 0 Å². The molecule has 0 unspecified atom stereocenters. The lowest BCUT2D eigenvalue weighted by molar-refractivity contribution is 0.302. The van der Waals surface area contributed by atoms with Crippen LogP contribution in [0.1, 0.15) is 17.5 Å². The van der Waals surface area contributed by atoms with Gasteiger partial charge in [-0.1, -0.05) is 46.9 Å². The lowest BCUT2D eigenvalue weighted by Gasteiger charge is -2.13. The first kappa shape index (κ1) is 21.0. The Hall–Kier alpha value is -2.20. The Balaban J connectivity index is 1.56. The van der Waals surface area contributed by atoms with Gasteiger partial charge >= 0.3 is 0 Å². The summed E-state index contributed by atoms with van der Waals surface area (Å²) in [5, 5.41) is 1.98. The van der Waals surface area contributed by atoms with Crippen LogP contribution in [-0.2, 0) is 6.54 Å². The molecule has 0 amide bonds. The van der Waals surface area contributed by atoms with Crippen molar-refractivity contribution in [2.24, 2.45) is 0 Å². The van der Waals surface area contributed by atoms with Crippen LogP contribution < -0.4 is 4.74 Å². The molecule has 1 heterocycles. The molecule has 0 atom stereocenters. The topological polar surface area (TPSA) is 27.1 Å². The van der Waals surface area contributed by atoms with E-state index in [0.29, 0.717) is 16.7 Å². The fraction of sp³-hybridized carbons (Fsp3) is 0.208. The van der Waals surface area contributed by atoms with Gasteiger partial charge in [0.05, 0.1) is 22.7 Å². The van der Waals surface area contributed by atoms with Gasteiger partial charge in [-0.05, 0) is 73.9 Å². The van der Waals surface area contributed by atoms with Crippen LogP contribution in [0.5, 0.6) is 5.75 Å². The molecule has 0 fully saturated rings. The lowest BCUT2D eigenvalue weighted by Crippen LogP contribution is -2.06. The maximum Gasteiger partial charge on any atom is 0.142 e. The van der Waals surface area contributed by atoms with Gasteiger partial charge in [-0.15, -0.1) is 0 Å². The van der Waals surface area contributed by atoms with E-state index in [1.54, 1.807) is 6.07 Å². The number of aryl methyl sites for hydroxylation is 3. The second-order valence-electron chi connectivity index (χ2n) is 7.27. The van der Waals surface area contributed by atoms with Crippen LogP contribution in [0.15, 0.2) is 54.6 Å². The van der Waals surface area contributed by atoms with Crippen LogP contribution in [0, 0.1) is 13.8 Å². The van der Waals surface area contributed by atoms with Gasteiger partial charge in [-0.25, -0.2) is 4.98 Å². The molecule has 0 N–H and O–H groups in total. The fourth-order valence-electron chi connectivity index (χ4n) is 3.58. The van der Waals surface area contributed by atoms with Crippen molar-refractivity contribution in [1.82, 2.24) is 9.55 Å². The Morgan fingerprint density at radius 2 is 1.67 bits per heavy atom. The van der Waals surface area contributed by atoms with Crippen molar-refractivity contribution >= 4 is 45.8 Å². The molecule has 3 nitrogen and oxygen atoms in total. The lowest BCUT2D eigenvalue weighted by atomic mass is 10.1. The third-order valence-electron chi connectivity index (χ3n) is 5.03. The number of ether oxygens (including phenoxy) is 1. The van der Waals surface area contributed by atoms with Crippen LogP contribution >= 0.6 is 34.8 Å². The molecule has 0 aliphatic carbocycles. The van der Waals surface area contributed by atoms with Gasteiger partial charge < -0.3 is 9.30 Å². The molecule has 0 radical (unpaired) electrons. The zero-order chi connectivity index (χ0) is 21.3. The van der Waals surface area contributed by atoms with Crippen molar-refractivity contribution < 1.29 is 4.74 Å². The second kappa shape index (κ2) is 8.89. The van der Waals surface area contributed by atoms with E-state index >= 15 is 0 Å². The molecular weight excluding hydrogens is 439 g/mol. The molecule has 0 aliphatic heterocycles. The minimum atomic E-state index is 0.584. The van der Waals surface area contributed by atoms with Crippen LogP contribution in [-0.4, -0.2) is 16.2 Å². The number of para-hydroxylation sites is 2. The summed E-state index contributed by atoms with van der Waals surface area (Å²) in [6, 6.07) is 17.5. The first-order valence-corrected chi connectivity index (χ1v) is 10.9. The SMILES string of the molecule is Cc1cc(OCCCn2c(-c3ccc(Cl)cc3Cl)nc3ccccc32)cc(C)c1Cl. The molecule has 0 bridgehead atoms. The molecule has 154 valence electrons. The standard InChI is InChI=1S/C24H21Cl3N2O/c1-15-12-18(13-16(2)23(15)27)30-11-5-10-29-22-7-4-3-6-21(22)28-24(29)19-9-8-17(25)14-20(19)26/h3-4,6-9,12-14H,5,10-11H2,1-2H3. The summed E-state index contributed by atoms with van der Waals surface area (Å²) < 4.78 is 8.17. The van der Waals surface area contributed by atoms with Crippen molar-refractivity contribution in [1.29, 1.82) is 0 Å². The molecule has 3 aromatic carbocycles. The second-order valence-corrected chi connectivity index (χ2v) is 8.49. The zero-order valence-corrected chi connectivity index (χ0v) is 19.0. The van der Waals surface area contributed by atoms with Crippen molar-refractivity contribution in [2.45, 2.75) is 26.8 Å². The number of aromatic nitrogens is 2. The summed E-state index contributed by atoms with van der Waals surface area (Å²) in [7, 11) is 0. The molecular formula is C24H21Cl3N2O. The van der Waals surface area contributed by atoms with E-state index in [1.807, 2.05) is 56.3 Å². The Morgan fingerprint density at radius 3 is 2.40 bits per heavy atom. The van der Waals surface area contributed by atoms with Crippen LogP contribution in [0.25, 0.3) is 22.4 Å². The summed E-state index contributed by atoms with van der Waals surface area (Å²) in [5.74, 6) is 1.67. The Kier molecular flexibility index (Phi) is 6.24. The van der Waals surface area contributed by atoms with Gasteiger partial charge in [0.2, 0.25) is 0 Å². The third kappa shape index (κ3) is 4.29. The molecule has 30 heavy (non-hydrogen) atoms. The number of benzene rings is 3. The maximum atomic E-state index is 6.47. The Labute approximate surface area is 191 Å². The van der Waals surface area contributed by atoms with Crippen molar-refractivity contribution in [3.63, 3.8) is 0 Å². The van der Waals surface area contributed by atoms with Gasteiger partial charge in [0.15, 0.2) is 0 Å². The fourth-order valence-corrected chi connectivity index (χ4v) is 4.18. The molecule has 4 rings (SSSR count). The Bertz CT molecular complexity index is 1190. The van der Waals surface area contributed by atoms with E-state index in [4.69, 9.17) is 44.5 Å². The predicted molar refractivity (Wildman–Crippen MR) is 126 cm³/mol. The highest BCUT2D eigenvalue weighted by Crippen LogP contribution is 2.32. The third-order valence-corrected chi connectivity index (χ3v) is 6.18.